The van der Waals surface area contributed by atoms with Gasteiger partial charge in [0.1, 0.15) is 11.4 Å². The third-order valence-corrected chi connectivity index (χ3v) is 5.85. The second kappa shape index (κ2) is 13.7. The van der Waals surface area contributed by atoms with Gasteiger partial charge in [0.15, 0.2) is 5.84 Å². The zero-order valence-corrected chi connectivity index (χ0v) is 21.0. The Kier molecular flexibility index (Phi) is 10.3. The molecule has 1 saturated carbocycles. The highest BCUT2D eigenvalue weighted by atomic mass is 16.5. The minimum atomic E-state index is -0.236. The van der Waals surface area contributed by atoms with Crippen molar-refractivity contribution in [2.75, 3.05) is 20.3 Å². The van der Waals surface area contributed by atoms with Crippen molar-refractivity contribution in [2.24, 2.45) is 11.0 Å². The molecule has 4 N–H and O–H groups in total. The summed E-state index contributed by atoms with van der Waals surface area (Å²) in [5, 5.41) is 17.4. The van der Waals surface area contributed by atoms with E-state index in [1.54, 1.807) is 18.2 Å². The van der Waals surface area contributed by atoms with Gasteiger partial charge in [-0.1, -0.05) is 38.3 Å². The first-order chi connectivity index (χ1) is 17.0. The molecule has 2 aliphatic rings. The number of nitrogens with one attached hydrogen (secondary N) is 3. The van der Waals surface area contributed by atoms with Gasteiger partial charge in [0, 0.05) is 31.5 Å². The molecule has 2 heterocycles. The maximum Gasteiger partial charge on any atom is 0.270 e. The third kappa shape index (κ3) is 8.52. The van der Waals surface area contributed by atoms with Crippen LogP contribution in [0, 0.1) is 12.8 Å². The smallest absolute Gasteiger partial charge is 0.270 e. The number of carbonyl (C=O) groups is 1. The molecule has 0 radical (unpaired) electrons. The van der Waals surface area contributed by atoms with E-state index >= 15 is 0 Å². The van der Waals surface area contributed by atoms with Gasteiger partial charge in [0.2, 0.25) is 0 Å². The molecular formula is C26H38N6O3. The summed E-state index contributed by atoms with van der Waals surface area (Å²) >= 11 is 0. The number of hydrogen-bond acceptors (Lipinski definition) is 8. The zero-order valence-electron chi connectivity index (χ0n) is 21.0. The van der Waals surface area contributed by atoms with Crippen LogP contribution in [0.2, 0.25) is 0 Å². The summed E-state index contributed by atoms with van der Waals surface area (Å²) < 4.78 is 5.63. The molecule has 0 bridgehead atoms. The number of aromatic nitrogens is 1. The fraction of sp³-hybridized carbons (Fsp3) is 0.500. The molecule has 0 spiro atoms. The molecule has 4 rings (SSSR count). The second-order valence-electron chi connectivity index (χ2n) is 8.98. The molecule has 1 amide bonds. The summed E-state index contributed by atoms with van der Waals surface area (Å²) in [6, 6.07) is 11.3. The van der Waals surface area contributed by atoms with Crippen LogP contribution in [-0.2, 0) is 6.54 Å². The number of aliphatic hydroxyl groups is 1. The van der Waals surface area contributed by atoms with E-state index in [4.69, 9.17) is 9.84 Å². The van der Waals surface area contributed by atoms with Crippen molar-refractivity contribution < 1.29 is 14.6 Å². The Morgan fingerprint density at radius 3 is 2.69 bits per heavy atom. The molecule has 1 aromatic heterocycles. The van der Waals surface area contributed by atoms with E-state index in [1.807, 2.05) is 37.3 Å². The number of ether oxygens (including phenoxy) is 1. The fourth-order valence-corrected chi connectivity index (χ4v) is 3.99. The van der Waals surface area contributed by atoms with E-state index < -0.39 is 0 Å². The highest BCUT2D eigenvalue weighted by molar-refractivity contribution is 6.01. The highest BCUT2D eigenvalue weighted by Crippen LogP contribution is 2.22. The van der Waals surface area contributed by atoms with E-state index in [-0.39, 0.29) is 5.91 Å². The lowest BCUT2D eigenvalue weighted by molar-refractivity contribution is 0.0945. The number of hydrazone groups is 1. The number of amides is 1. The molecule has 190 valence electrons. The van der Waals surface area contributed by atoms with Crippen LogP contribution in [0.15, 0.2) is 41.5 Å². The monoisotopic (exact) mass is 482 g/mol. The van der Waals surface area contributed by atoms with Crippen LogP contribution in [0.25, 0.3) is 0 Å². The molecule has 1 fully saturated rings. The Morgan fingerprint density at radius 2 is 2.03 bits per heavy atom. The summed E-state index contributed by atoms with van der Waals surface area (Å²) in [6.45, 7) is 5.40. The molecule has 9 nitrogen and oxygen atoms in total. The first kappa shape index (κ1) is 26.4. The SMILES string of the molecule is CCCOc1cccc(CNC(=O)c2cc(C3=NNN(C)N3)cc(C)n2)c1.OCC1CCCCC1. The number of rotatable bonds is 8. The number of nitrogens with zero attached hydrogens (tertiary/aromatic N) is 3. The molecule has 35 heavy (non-hydrogen) atoms. The van der Waals surface area contributed by atoms with Crippen LogP contribution in [-0.4, -0.2) is 47.2 Å². The molecule has 0 saturated heterocycles. The van der Waals surface area contributed by atoms with Crippen molar-refractivity contribution in [1.82, 2.24) is 26.4 Å². The third-order valence-electron chi connectivity index (χ3n) is 5.85. The van der Waals surface area contributed by atoms with Gasteiger partial charge in [-0.15, -0.1) is 10.2 Å². The molecule has 2 aromatic rings. The van der Waals surface area contributed by atoms with Gasteiger partial charge in [-0.3, -0.25) is 10.2 Å². The number of amidine groups is 1. The Bertz CT molecular complexity index is 991. The molecule has 0 unspecified atom stereocenters. The average molecular weight is 483 g/mol. The van der Waals surface area contributed by atoms with Crippen molar-refractivity contribution >= 4 is 11.7 Å². The molecule has 1 aliphatic heterocycles. The number of hydrazine groups is 2. The Morgan fingerprint density at radius 1 is 1.23 bits per heavy atom. The van der Waals surface area contributed by atoms with Gasteiger partial charge in [-0.25, -0.2) is 10.5 Å². The first-order valence-electron chi connectivity index (χ1n) is 12.4. The van der Waals surface area contributed by atoms with Crippen LogP contribution < -0.4 is 21.0 Å². The topological polar surface area (TPSA) is 111 Å². The quantitative estimate of drug-likeness (QED) is 0.457. The summed E-state index contributed by atoms with van der Waals surface area (Å²) in [5.41, 5.74) is 8.68. The van der Waals surface area contributed by atoms with Gasteiger partial charge < -0.3 is 15.2 Å². The van der Waals surface area contributed by atoms with Gasteiger partial charge in [-0.05, 0) is 61.9 Å². The Labute approximate surface area is 207 Å². The number of aryl methyl sites for hydroxylation is 1. The van der Waals surface area contributed by atoms with Gasteiger partial charge in [0.25, 0.3) is 5.91 Å². The minimum absolute atomic E-state index is 0.236. The summed E-state index contributed by atoms with van der Waals surface area (Å²) in [5.74, 6) is 1.85. The average Bonchev–Trinajstić information content (AvgIpc) is 3.33. The van der Waals surface area contributed by atoms with Crippen molar-refractivity contribution in [2.45, 2.75) is 58.9 Å². The number of hydrogen-bond donors (Lipinski definition) is 4. The number of aliphatic hydroxyl groups excluding tert-OH is 1. The van der Waals surface area contributed by atoms with Crippen molar-refractivity contribution in [3.63, 3.8) is 0 Å². The second-order valence-corrected chi connectivity index (χ2v) is 8.98. The standard InChI is InChI=1S/C19H24N6O2.C7H14O/c1-4-8-27-16-7-5-6-14(10-16)12-20-19(26)17-11-15(9-13(2)21-17)18-22-24-25(3)23-18;8-6-7-4-2-1-3-5-7/h5-7,9-11,24H,4,8,12H2,1-3H3,(H,20,26)(H,22,23);7-8H,1-6H2. The van der Waals surface area contributed by atoms with E-state index in [0.717, 1.165) is 29.0 Å². The summed E-state index contributed by atoms with van der Waals surface area (Å²) in [4.78, 5) is 16.9. The molecule has 9 heteroatoms. The fourth-order valence-electron chi connectivity index (χ4n) is 3.99. The maximum atomic E-state index is 12.6. The van der Waals surface area contributed by atoms with Crippen LogP contribution in [0.4, 0.5) is 0 Å². The first-order valence-corrected chi connectivity index (χ1v) is 12.4. The van der Waals surface area contributed by atoms with E-state index in [0.29, 0.717) is 37.2 Å². The zero-order chi connectivity index (χ0) is 25.0. The van der Waals surface area contributed by atoms with E-state index in [1.165, 1.54) is 32.1 Å². The van der Waals surface area contributed by atoms with Crippen LogP contribution in [0.5, 0.6) is 5.75 Å². The largest absolute Gasteiger partial charge is 0.494 e. The van der Waals surface area contributed by atoms with Gasteiger partial charge in [-0.2, -0.15) is 0 Å². The predicted octanol–water partition coefficient (Wildman–Crippen LogP) is 3.28. The Balaban J connectivity index is 0.000000363. The van der Waals surface area contributed by atoms with Crippen LogP contribution in [0.3, 0.4) is 0 Å². The lowest BCUT2D eigenvalue weighted by atomic mass is 9.90. The molecular weight excluding hydrogens is 444 g/mol. The number of carbonyl (C=O) groups excluding carboxylic acids is 1. The van der Waals surface area contributed by atoms with Crippen LogP contribution in [0.1, 0.15) is 72.8 Å². The van der Waals surface area contributed by atoms with Crippen molar-refractivity contribution in [1.29, 1.82) is 0 Å². The molecule has 1 aromatic carbocycles. The van der Waals surface area contributed by atoms with Crippen LogP contribution >= 0.6 is 0 Å². The lowest BCUT2D eigenvalue weighted by Gasteiger charge is -2.18. The normalized spacial score (nSPS) is 15.8. The minimum Gasteiger partial charge on any atom is -0.494 e. The molecule has 0 atom stereocenters. The van der Waals surface area contributed by atoms with Crippen molar-refractivity contribution in [3.05, 3.63) is 58.9 Å². The molecule has 1 aliphatic carbocycles. The van der Waals surface area contributed by atoms with E-state index in [2.05, 4.69) is 33.3 Å². The van der Waals surface area contributed by atoms with Crippen molar-refractivity contribution in [3.8, 4) is 5.75 Å². The predicted molar refractivity (Wildman–Crippen MR) is 137 cm³/mol. The highest BCUT2D eigenvalue weighted by Gasteiger charge is 2.16. The van der Waals surface area contributed by atoms with E-state index in [9.17, 15) is 4.79 Å². The lowest BCUT2D eigenvalue weighted by Crippen LogP contribution is -2.37. The number of benzene rings is 1. The Hall–Kier alpha value is -3.17. The summed E-state index contributed by atoms with van der Waals surface area (Å²) in [7, 11) is 1.80. The maximum absolute atomic E-state index is 12.6. The summed E-state index contributed by atoms with van der Waals surface area (Å²) in [6.07, 6.45) is 7.54. The van der Waals surface area contributed by atoms with Gasteiger partial charge >= 0.3 is 0 Å². The van der Waals surface area contributed by atoms with Gasteiger partial charge in [0.05, 0.1) is 6.61 Å². The number of pyridine rings is 1.